The molecule has 1 unspecified atom stereocenters. The van der Waals surface area contributed by atoms with Crippen LogP contribution in [0.25, 0.3) is 0 Å². The molecule has 3 heteroatoms. The molecular formula is C16H17F2N. The fourth-order valence-electron chi connectivity index (χ4n) is 2.23. The predicted octanol–water partition coefficient (Wildman–Crippen LogP) is 4.75. The molecule has 2 aromatic rings. The van der Waals surface area contributed by atoms with Gasteiger partial charge in [-0.1, -0.05) is 29.3 Å². The summed E-state index contributed by atoms with van der Waals surface area (Å²) in [6.45, 7) is 6.03. The van der Waals surface area contributed by atoms with E-state index in [1.54, 1.807) is 0 Å². The number of benzene rings is 2. The molecule has 0 amide bonds. The lowest BCUT2D eigenvalue weighted by atomic mass is 10.0. The maximum absolute atomic E-state index is 13.1. The van der Waals surface area contributed by atoms with Crippen LogP contribution in [-0.4, -0.2) is 0 Å². The van der Waals surface area contributed by atoms with Crippen LogP contribution in [0.3, 0.4) is 0 Å². The van der Waals surface area contributed by atoms with Crippen molar-refractivity contribution in [3.8, 4) is 0 Å². The van der Waals surface area contributed by atoms with E-state index in [4.69, 9.17) is 0 Å². The molecule has 2 rings (SSSR count). The van der Waals surface area contributed by atoms with Crippen LogP contribution in [0.4, 0.5) is 14.5 Å². The van der Waals surface area contributed by atoms with Crippen LogP contribution in [0.5, 0.6) is 0 Å². The van der Waals surface area contributed by atoms with E-state index in [1.165, 1.54) is 23.3 Å². The van der Waals surface area contributed by atoms with Crippen molar-refractivity contribution in [2.24, 2.45) is 0 Å². The molecule has 0 aliphatic heterocycles. The monoisotopic (exact) mass is 261 g/mol. The van der Waals surface area contributed by atoms with Crippen LogP contribution in [-0.2, 0) is 0 Å². The van der Waals surface area contributed by atoms with Gasteiger partial charge >= 0.3 is 0 Å². The molecule has 0 heterocycles. The Morgan fingerprint density at radius 1 is 0.842 bits per heavy atom. The van der Waals surface area contributed by atoms with E-state index >= 15 is 0 Å². The average molecular weight is 261 g/mol. The molecule has 0 saturated carbocycles. The largest absolute Gasteiger partial charge is 0.378 e. The van der Waals surface area contributed by atoms with Gasteiger partial charge in [0.25, 0.3) is 0 Å². The van der Waals surface area contributed by atoms with Crippen LogP contribution >= 0.6 is 0 Å². The Morgan fingerprint density at radius 3 is 1.89 bits per heavy atom. The van der Waals surface area contributed by atoms with Crippen molar-refractivity contribution >= 4 is 5.69 Å². The predicted molar refractivity (Wildman–Crippen MR) is 74.3 cm³/mol. The number of halogens is 2. The van der Waals surface area contributed by atoms with E-state index in [1.807, 2.05) is 20.8 Å². The first kappa shape index (κ1) is 13.5. The zero-order valence-corrected chi connectivity index (χ0v) is 11.3. The lowest BCUT2D eigenvalue weighted by Crippen LogP contribution is -2.07. The number of aryl methyl sites for hydroxylation is 2. The van der Waals surface area contributed by atoms with Crippen molar-refractivity contribution in [1.29, 1.82) is 0 Å². The first-order valence-electron chi connectivity index (χ1n) is 6.25. The van der Waals surface area contributed by atoms with Gasteiger partial charge in [0.15, 0.2) is 0 Å². The number of hydrogen-bond donors (Lipinski definition) is 1. The molecule has 0 bridgehead atoms. The first-order chi connectivity index (χ1) is 8.94. The van der Waals surface area contributed by atoms with E-state index < -0.39 is 11.6 Å². The zero-order valence-electron chi connectivity index (χ0n) is 11.3. The van der Waals surface area contributed by atoms with E-state index in [2.05, 4.69) is 23.5 Å². The normalized spacial score (nSPS) is 12.3. The van der Waals surface area contributed by atoms with Crippen LogP contribution in [0.15, 0.2) is 36.4 Å². The van der Waals surface area contributed by atoms with Crippen LogP contribution in [0.1, 0.15) is 29.7 Å². The first-order valence-corrected chi connectivity index (χ1v) is 6.25. The molecule has 0 fully saturated rings. The summed E-state index contributed by atoms with van der Waals surface area (Å²) in [4.78, 5) is 0. The van der Waals surface area contributed by atoms with Crippen molar-refractivity contribution < 1.29 is 8.78 Å². The minimum atomic E-state index is -0.574. The Hall–Kier alpha value is -1.90. The smallest absolute Gasteiger partial charge is 0.128 e. The summed E-state index contributed by atoms with van der Waals surface area (Å²) >= 11 is 0. The third-order valence-electron chi connectivity index (χ3n) is 2.99. The second-order valence-corrected chi connectivity index (χ2v) is 4.95. The van der Waals surface area contributed by atoms with E-state index in [9.17, 15) is 8.78 Å². The molecule has 1 nitrogen and oxygen atoms in total. The summed E-state index contributed by atoms with van der Waals surface area (Å²) < 4.78 is 26.3. The highest BCUT2D eigenvalue weighted by Crippen LogP contribution is 2.22. The number of rotatable bonds is 3. The summed E-state index contributed by atoms with van der Waals surface area (Å²) in [7, 11) is 0. The Kier molecular flexibility index (Phi) is 3.84. The molecule has 100 valence electrons. The lowest BCUT2D eigenvalue weighted by molar-refractivity contribution is 0.583. The maximum atomic E-state index is 13.1. The molecule has 2 aromatic carbocycles. The van der Waals surface area contributed by atoms with E-state index in [0.717, 1.165) is 11.6 Å². The van der Waals surface area contributed by atoms with Crippen molar-refractivity contribution in [3.05, 3.63) is 64.7 Å². The summed E-state index contributed by atoms with van der Waals surface area (Å²) in [6, 6.07) is 9.68. The van der Waals surface area contributed by atoms with Crippen LogP contribution in [0, 0.1) is 25.5 Å². The quantitative estimate of drug-likeness (QED) is 0.840. The molecule has 0 radical (unpaired) electrons. The van der Waals surface area contributed by atoms with E-state index in [0.29, 0.717) is 5.69 Å². The summed E-state index contributed by atoms with van der Waals surface area (Å²) in [5.41, 5.74) is 3.90. The molecule has 0 saturated heterocycles. The van der Waals surface area contributed by atoms with Crippen LogP contribution < -0.4 is 5.32 Å². The van der Waals surface area contributed by atoms with Gasteiger partial charge in [0, 0.05) is 17.8 Å². The third-order valence-corrected chi connectivity index (χ3v) is 2.99. The Labute approximate surface area is 112 Å². The molecule has 19 heavy (non-hydrogen) atoms. The Bertz CT molecular complexity index is 553. The molecule has 1 atom stereocenters. The molecule has 0 spiro atoms. The standard InChI is InChI=1S/C16H17F2N/c1-10-4-11(2)6-13(5-10)12(3)19-16-8-14(17)7-15(18)9-16/h4-9,12,19H,1-3H3. The highest BCUT2D eigenvalue weighted by molar-refractivity contribution is 5.46. The summed E-state index contributed by atoms with van der Waals surface area (Å²) in [5, 5.41) is 3.11. The topological polar surface area (TPSA) is 12.0 Å². The third kappa shape index (κ3) is 3.53. The molecular weight excluding hydrogens is 244 g/mol. The fraction of sp³-hybridized carbons (Fsp3) is 0.250. The van der Waals surface area contributed by atoms with Gasteiger partial charge in [-0.15, -0.1) is 0 Å². The highest BCUT2D eigenvalue weighted by Gasteiger charge is 2.08. The second kappa shape index (κ2) is 5.39. The van der Waals surface area contributed by atoms with Crippen LogP contribution in [0.2, 0.25) is 0 Å². The second-order valence-electron chi connectivity index (χ2n) is 4.95. The van der Waals surface area contributed by atoms with E-state index in [-0.39, 0.29) is 6.04 Å². The molecule has 0 aliphatic rings. The van der Waals surface area contributed by atoms with Gasteiger partial charge in [-0.05, 0) is 38.5 Å². The van der Waals surface area contributed by atoms with Crippen molar-refractivity contribution in [2.45, 2.75) is 26.8 Å². The Balaban J connectivity index is 2.22. The van der Waals surface area contributed by atoms with Gasteiger partial charge in [0.2, 0.25) is 0 Å². The number of anilines is 1. The maximum Gasteiger partial charge on any atom is 0.128 e. The van der Waals surface area contributed by atoms with Gasteiger partial charge in [-0.3, -0.25) is 0 Å². The minimum absolute atomic E-state index is 0.0141. The summed E-state index contributed by atoms with van der Waals surface area (Å²) in [5.74, 6) is -1.15. The summed E-state index contributed by atoms with van der Waals surface area (Å²) in [6.07, 6.45) is 0. The lowest BCUT2D eigenvalue weighted by Gasteiger charge is -2.17. The van der Waals surface area contributed by atoms with Gasteiger partial charge in [-0.25, -0.2) is 8.78 Å². The zero-order chi connectivity index (χ0) is 14.0. The van der Waals surface area contributed by atoms with Crippen molar-refractivity contribution in [3.63, 3.8) is 0 Å². The fourth-order valence-corrected chi connectivity index (χ4v) is 2.23. The molecule has 1 N–H and O–H groups in total. The van der Waals surface area contributed by atoms with Gasteiger partial charge in [0.1, 0.15) is 11.6 Å². The van der Waals surface area contributed by atoms with Gasteiger partial charge in [-0.2, -0.15) is 0 Å². The Morgan fingerprint density at radius 2 is 1.37 bits per heavy atom. The highest BCUT2D eigenvalue weighted by atomic mass is 19.1. The van der Waals surface area contributed by atoms with Gasteiger partial charge in [0.05, 0.1) is 0 Å². The molecule has 0 aliphatic carbocycles. The number of hydrogen-bond acceptors (Lipinski definition) is 1. The molecule has 0 aromatic heterocycles. The van der Waals surface area contributed by atoms with Gasteiger partial charge < -0.3 is 5.32 Å². The van der Waals surface area contributed by atoms with Crippen molar-refractivity contribution in [2.75, 3.05) is 5.32 Å². The van der Waals surface area contributed by atoms with Crippen molar-refractivity contribution in [1.82, 2.24) is 0 Å². The minimum Gasteiger partial charge on any atom is -0.378 e. The number of nitrogens with one attached hydrogen (secondary N) is 1. The SMILES string of the molecule is Cc1cc(C)cc(C(C)Nc2cc(F)cc(F)c2)c1. The average Bonchev–Trinajstić information content (AvgIpc) is 2.25.